The van der Waals surface area contributed by atoms with Crippen molar-refractivity contribution in [3.8, 4) is 17.2 Å². The van der Waals surface area contributed by atoms with Crippen molar-refractivity contribution in [3.63, 3.8) is 0 Å². The van der Waals surface area contributed by atoms with Crippen LogP contribution in [-0.2, 0) is 4.79 Å². The number of benzene rings is 1. The number of aromatic amines is 1. The smallest absolute Gasteiger partial charge is 0.224 e. The van der Waals surface area contributed by atoms with Crippen molar-refractivity contribution in [2.75, 3.05) is 12.4 Å². The third-order valence-corrected chi connectivity index (χ3v) is 4.63. The van der Waals surface area contributed by atoms with Gasteiger partial charge in [0.25, 0.3) is 0 Å². The number of aliphatic imine (C=N–C) groups is 1. The fraction of sp³-hybridized carbons (Fsp3) is 0.217. The molecule has 152 valence electrons. The standard InChI is InChI=1S/C23H24N6O/c1-14(2)6-22(30)29-21-5-4-15(7-16(21)9-24)20-13-28-23-19(20)8-17(12-27-23)18(10-25)11-26-3/h4-5,7-8,10-14H,6,25H2,1-3H3,(H,27,28)(H,29,30)/b18-10+,26-11?. The van der Waals surface area contributed by atoms with Crippen molar-refractivity contribution in [2.24, 2.45) is 16.6 Å². The number of H-pyrrole nitrogens is 1. The third kappa shape index (κ3) is 4.39. The molecule has 0 saturated heterocycles. The van der Waals surface area contributed by atoms with E-state index in [1.807, 2.05) is 32.2 Å². The molecule has 30 heavy (non-hydrogen) atoms. The van der Waals surface area contributed by atoms with Gasteiger partial charge in [-0.05, 0) is 29.7 Å². The maximum absolute atomic E-state index is 12.1. The predicted molar refractivity (Wildman–Crippen MR) is 121 cm³/mol. The van der Waals surface area contributed by atoms with Gasteiger partial charge in [-0.3, -0.25) is 9.79 Å². The second-order valence-corrected chi connectivity index (χ2v) is 7.35. The molecule has 1 aromatic carbocycles. The molecule has 0 aliphatic carbocycles. The van der Waals surface area contributed by atoms with Gasteiger partial charge < -0.3 is 16.0 Å². The molecule has 4 N–H and O–H groups in total. The van der Waals surface area contributed by atoms with Crippen LogP contribution in [0.4, 0.5) is 5.69 Å². The molecule has 0 radical (unpaired) electrons. The number of hydrogen-bond donors (Lipinski definition) is 3. The number of amides is 1. The van der Waals surface area contributed by atoms with Crippen molar-refractivity contribution in [3.05, 3.63) is 54.0 Å². The summed E-state index contributed by atoms with van der Waals surface area (Å²) in [4.78, 5) is 23.8. The number of allylic oxidation sites excluding steroid dienone is 1. The number of anilines is 1. The minimum Gasteiger partial charge on any atom is -0.404 e. The van der Waals surface area contributed by atoms with Crippen LogP contribution in [0.25, 0.3) is 27.7 Å². The number of carbonyl (C=O) groups excluding carboxylic acids is 1. The van der Waals surface area contributed by atoms with Gasteiger partial charge in [0.05, 0.1) is 11.3 Å². The summed E-state index contributed by atoms with van der Waals surface area (Å²) in [6, 6.07) is 9.58. The van der Waals surface area contributed by atoms with Crippen LogP contribution in [0.15, 0.2) is 47.9 Å². The van der Waals surface area contributed by atoms with E-state index in [1.54, 1.807) is 31.6 Å². The van der Waals surface area contributed by atoms with E-state index in [-0.39, 0.29) is 11.8 Å². The van der Waals surface area contributed by atoms with Gasteiger partial charge in [0.15, 0.2) is 0 Å². The lowest BCUT2D eigenvalue weighted by Gasteiger charge is -2.10. The molecule has 3 rings (SSSR count). The van der Waals surface area contributed by atoms with Crippen LogP contribution >= 0.6 is 0 Å². The van der Waals surface area contributed by atoms with Gasteiger partial charge in [-0.25, -0.2) is 4.98 Å². The molecule has 0 saturated carbocycles. The van der Waals surface area contributed by atoms with E-state index < -0.39 is 0 Å². The predicted octanol–water partition coefficient (Wildman–Crippen LogP) is 4.09. The number of nitrogens with two attached hydrogens (primary N) is 1. The molecule has 0 fully saturated rings. The highest BCUT2D eigenvalue weighted by molar-refractivity contribution is 6.10. The molecule has 2 heterocycles. The van der Waals surface area contributed by atoms with Crippen LogP contribution in [0.2, 0.25) is 0 Å². The Bertz CT molecular complexity index is 1180. The van der Waals surface area contributed by atoms with E-state index in [4.69, 9.17) is 5.73 Å². The largest absolute Gasteiger partial charge is 0.404 e. The number of nitrogens with one attached hydrogen (secondary N) is 2. The van der Waals surface area contributed by atoms with E-state index in [1.165, 1.54) is 6.20 Å². The Hall–Kier alpha value is -3.92. The Balaban J connectivity index is 2.01. The Kier molecular flexibility index (Phi) is 6.28. The topological polar surface area (TPSA) is 120 Å². The Morgan fingerprint density at radius 3 is 2.87 bits per heavy atom. The molecule has 0 aliphatic rings. The van der Waals surface area contributed by atoms with E-state index >= 15 is 0 Å². The summed E-state index contributed by atoms with van der Waals surface area (Å²) in [7, 11) is 1.68. The van der Waals surface area contributed by atoms with Gasteiger partial charge in [-0.1, -0.05) is 19.9 Å². The molecule has 2 aromatic heterocycles. The maximum atomic E-state index is 12.1. The van der Waals surface area contributed by atoms with Gasteiger partial charge in [0.1, 0.15) is 11.7 Å². The molecule has 0 unspecified atom stereocenters. The van der Waals surface area contributed by atoms with E-state index in [0.29, 0.717) is 17.7 Å². The lowest BCUT2D eigenvalue weighted by molar-refractivity contribution is -0.116. The average molecular weight is 400 g/mol. The minimum atomic E-state index is -0.103. The van der Waals surface area contributed by atoms with Gasteiger partial charge in [0.2, 0.25) is 5.91 Å². The molecular weight excluding hydrogens is 376 g/mol. The molecule has 1 amide bonds. The highest BCUT2D eigenvalue weighted by Gasteiger charge is 2.13. The number of nitrogens with zero attached hydrogens (tertiary/aromatic N) is 3. The second kappa shape index (κ2) is 9.05. The molecule has 0 spiro atoms. The van der Waals surface area contributed by atoms with Crippen LogP contribution in [0.3, 0.4) is 0 Å². The van der Waals surface area contributed by atoms with Gasteiger partial charge in [-0.2, -0.15) is 5.26 Å². The van der Waals surface area contributed by atoms with E-state index in [9.17, 15) is 10.1 Å². The molecular formula is C23H24N6O. The van der Waals surface area contributed by atoms with Crippen molar-refractivity contribution >= 4 is 34.4 Å². The van der Waals surface area contributed by atoms with Crippen molar-refractivity contribution in [1.82, 2.24) is 9.97 Å². The zero-order valence-electron chi connectivity index (χ0n) is 17.2. The minimum absolute atomic E-state index is 0.103. The summed E-state index contributed by atoms with van der Waals surface area (Å²) in [5.74, 6) is 0.141. The van der Waals surface area contributed by atoms with Crippen LogP contribution in [0.1, 0.15) is 31.4 Å². The lowest BCUT2D eigenvalue weighted by Crippen LogP contribution is -2.14. The fourth-order valence-electron chi connectivity index (χ4n) is 3.24. The Morgan fingerprint density at radius 1 is 1.40 bits per heavy atom. The molecule has 0 bridgehead atoms. The number of fused-ring (bicyclic) bond motifs is 1. The van der Waals surface area contributed by atoms with Crippen molar-refractivity contribution < 1.29 is 4.79 Å². The maximum Gasteiger partial charge on any atom is 0.224 e. The van der Waals surface area contributed by atoms with Crippen LogP contribution in [0.5, 0.6) is 0 Å². The highest BCUT2D eigenvalue weighted by atomic mass is 16.1. The molecule has 3 aromatic rings. The molecule has 0 aliphatic heterocycles. The second-order valence-electron chi connectivity index (χ2n) is 7.35. The first-order valence-electron chi connectivity index (χ1n) is 9.62. The van der Waals surface area contributed by atoms with Crippen molar-refractivity contribution in [1.29, 1.82) is 5.26 Å². The zero-order chi connectivity index (χ0) is 21.7. The fourth-order valence-corrected chi connectivity index (χ4v) is 3.24. The summed E-state index contributed by atoms with van der Waals surface area (Å²) in [6.07, 6.45) is 7.16. The summed E-state index contributed by atoms with van der Waals surface area (Å²) >= 11 is 0. The summed E-state index contributed by atoms with van der Waals surface area (Å²) in [5, 5.41) is 13.3. The van der Waals surface area contributed by atoms with Crippen LogP contribution < -0.4 is 11.1 Å². The average Bonchev–Trinajstić information content (AvgIpc) is 3.15. The monoisotopic (exact) mass is 400 g/mol. The van der Waals surface area contributed by atoms with Crippen LogP contribution in [0, 0.1) is 17.2 Å². The Morgan fingerprint density at radius 2 is 2.20 bits per heavy atom. The third-order valence-electron chi connectivity index (χ3n) is 4.63. The summed E-state index contributed by atoms with van der Waals surface area (Å²) in [5.41, 5.74) is 10.7. The van der Waals surface area contributed by atoms with E-state index in [0.717, 1.165) is 33.3 Å². The van der Waals surface area contributed by atoms with E-state index in [2.05, 4.69) is 26.3 Å². The molecule has 0 atom stereocenters. The first kappa shape index (κ1) is 20.8. The number of rotatable bonds is 6. The Labute approximate surface area is 175 Å². The zero-order valence-corrected chi connectivity index (χ0v) is 17.2. The first-order chi connectivity index (χ1) is 14.5. The molecule has 7 heteroatoms. The summed E-state index contributed by atoms with van der Waals surface area (Å²) < 4.78 is 0. The number of nitriles is 1. The number of aromatic nitrogens is 2. The number of carbonyl (C=O) groups is 1. The first-order valence-corrected chi connectivity index (χ1v) is 9.62. The van der Waals surface area contributed by atoms with Crippen molar-refractivity contribution in [2.45, 2.75) is 20.3 Å². The van der Waals surface area contributed by atoms with Crippen LogP contribution in [-0.4, -0.2) is 29.1 Å². The van der Waals surface area contributed by atoms with Gasteiger partial charge in [0, 0.05) is 60.4 Å². The number of hydrogen-bond acceptors (Lipinski definition) is 5. The SMILES string of the molecule is CN=C/C(=C\N)c1cnc2[nH]cc(-c3ccc(NC(=O)CC(C)C)c(C#N)c3)c2c1. The summed E-state index contributed by atoms with van der Waals surface area (Å²) in [6.45, 7) is 3.95. The normalized spacial score (nSPS) is 11.9. The lowest BCUT2D eigenvalue weighted by atomic mass is 10.0. The quantitative estimate of drug-likeness (QED) is 0.540. The highest BCUT2D eigenvalue weighted by Crippen LogP contribution is 2.32. The molecule has 7 nitrogen and oxygen atoms in total. The number of pyridine rings is 1. The van der Waals surface area contributed by atoms with Gasteiger partial charge in [-0.15, -0.1) is 0 Å². The van der Waals surface area contributed by atoms with Gasteiger partial charge >= 0.3 is 0 Å².